The standard InChI is InChI=1S/C13H13ClN4OS/c14-8-1-3-9(4-2-8)16-12(19)7-18-5-10-11(6-18)20-13(15)17-10/h1-4H,5-7H2,(H2,15,17)(H,16,19). The van der Waals surface area contributed by atoms with E-state index >= 15 is 0 Å². The molecule has 20 heavy (non-hydrogen) atoms. The Hall–Kier alpha value is -1.63. The summed E-state index contributed by atoms with van der Waals surface area (Å²) in [6.07, 6.45) is 0. The number of nitrogens with zero attached hydrogens (tertiary/aromatic N) is 2. The lowest BCUT2D eigenvalue weighted by Crippen LogP contribution is -2.29. The summed E-state index contributed by atoms with van der Waals surface area (Å²) in [5.41, 5.74) is 7.39. The van der Waals surface area contributed by atoms with Crippen LogP contribution < -0.4 is 11.1 Å². The molecule has 3 rings (SSSR count). The van der Waals surface area contributed by atoms with Crippen LogP contribution in [0.4, 0.5) is 10.8 Å². The highest BCUT2D eigenvalue weighted by atomic mass is 35.5. The van der Waals surface area contributed by atoms with Gasteiger partial charge >= 0.3 is 0 Å². The highest BCUT2D eigenvalue weighted by Gasteiger charge is 2.24. The zero-order chi connectivity index (χ0) is 14.1. The number of nitrogen functional groups attached to an aromatic ring is 1. The molecule has 0 aliphatic carbocycles. The molecule has 0 unspecified atom stereocenters. The van der Waals surface area contributed by atoms with Gasteiger partial charge in [-0.25, -0.2) is 4.98 Å². The number of hydrogen-bond donors (Lipinski definition) is 2. The van der Waals surface area contributed by atoms with Crippen molar-refractivity contribution in [2.24, 2.45) is 0 Å². The molecule has 1 aromatic heterocycles. The van der Waals surface area contributed by atoms with E-state index in [0.717, 1.165) is 22.8 Å². The van der Waals surface area contributed by atoms with Crippen LogP contribution in [0.3, 0.4) is 0 Å². The van der Waals surface area contributed by atoms with Crippen LogP contribution in [0.15, 0.2) is 24.3 Å². The van der Waals surface area contributed by atoms with Crippen molar-refractivity contribution in [2.75, 3.05) is 17.6 Å². The predicted octanol–water partition coefficient (Wildman–Crippen LogP) is 2.33. The van der Waals surface area contributed by atoms with E-state index in [-0.39, 0.29) is 5.91 Å². The third-order valence-electron chi connectivity index (χ3n) is 3.03. The number of fused-ring (bicyclic) bond motifs is 1. The van der Waals surface area contributed by atoms with E-state index < -0.39 is 0 Å². The average Bonchev–Trinajstić information content (AvgIpc) is 2.88. The highest BCUT2D eigenvalue weighted by molar-refractivity contribution is 7.15. The Morgan fingerprint density at radius 3 is 2.85 bits per heavy atom. The normalized spacial score (nSPS) is 14.2. The molecule has 1 aromatic carbocycles. The molecule has 7 heteroatoms. The second-order valence-corrected chi connectivity index (χ2v) is 6.17. The summed E-state index contributed by atoms with van der Waals surface area (Å²) in [5.74, 6) is -0.0459. The molecule has 0 spiro atoms. The van der Waals surface area contributed by atoms with Crippen LogP contribution in [0.5, 0.6) is 0 Å². The zero-order valence-corrected chi connectivity index (χ0v) is 12.2. The minimum Gasteiger partial charge on any atom is -0.375 e. The summed E-state index contributed by atoms with van der Waals surface area (Å²) >= 11 is 7.29. The van der Waals surface area contributed by atoms with E-state index in [1.165, 1.54) is 11.3 Å². The van der Waals surface area contributed by atoms with Crippen LogP contribution in [0.2, 0.25) is 5.02 Å². The first-order valence-corrected chi connectivity index (χ1v) is 7.31. The van der Waals surface area contributed by atoms with Crippen LogP contribution in [0.1, 0.15) is 10.6 Å². The van der Waals surface area contributed by atoms with Crippen molar-refractivity contribution in [3.63, 3.8) is 0 Å². The van der Waals surface area contributed by atoms with Crippen LogP contribution in [-0.4, -0.2) is 22.3 Å². The number of anilines is 2. The first kappa shape index (κ1) is 13.4. The topological polar surface area (TPSA) is 71.2 Å². The molecule has 0 saturated carbocycles. The molecule has 1 aliphatic rings. The molecule has 0 radical (unpaired) electrons. The Morgan fingerprint density at radius 2 is 2.15 bits per heavy atom. The average molecular weight is 309 g/mol. The van der Waals surface area contributed by atoms with E-state index in [0.29, 0.717) is 23.2 Å². The van der Waals surface area contributed by atoms with Crippen LogP contribution in [-0.2, 0) is 17.9 Å². The van der Waals surface area contributed by atoms with Gasteiger partial charge in [-0.1, -0.05) is 11.6 Å². The summed E-state index contributed by atoms with van der Waals surface area (Å²) in [4.78, 5) is 19.4. The summed E-state index contributed by atoms with van der Waals surface area (Å²) in [6.45, 7) is 1.75. The van der Waals surface area contributed by atoms with Gasteiger partial charge in [-0.05, 0) is 24.3 Å². The van der Waals surface area contributed by atoms with Gasteiger partial charge in [0.2, 0.25) is 5.91 Å². The van der Waals surface area contributed by atoms with Gasteiger partial charge in [0, 0.05) is 28.7 Å². The molecule has 0 atom stereocenters. The molecule has 1 aliphatic heterocycles. The second-order valence-electron chi connectivity index (χ2n) is 4.62. The maximum atomic E-state index is 12.0. The number of halogens is 1. The molecule has 1 amide bonds. The van der Waals surface area contributed by atoms with Gasteiger partial charge in [0.1, 0.15) is 0 Å². The van der Waals surface area contributed by atoms with E-state index in [2.05, 4.69) is 10.3 Å². The van der Waals surface area contributed by atoms with Gasteiger partial charge in [-0.15, -0.1) is 11.3 Å². The Morgan fingerprint density at radius 1 is 1.40 bits per heavy atom. The molecule has 104 valence electrons. The second kappa shape index (κ2) is 5.40. The lowest BCUT2D eigenvalue weighted by Gasteiger charge is -2.14. The van der Waals surface area contributed by atoms with Crippen molar-refractivity contribution in [2.45, 2.75) is 13.1 Å². The molecule has 5 nitrogen and oxygen atoms in total. The Labute approximate surface area is 125 Å². The monoisotopic (exact) mass is 308 g/mol. The van der Waals surface area contributed by atoms with Crippen molar-refractivity contribution in [3.8, 4) is 0 Å². The SMILES string of the molecule is Nc1nc2c(s1)CN(CC(=O)Nc1ccc(Cl)cc1)C2. The fraction of sp³-hybridized carbons (Fsp3) is 0.231. The third-order valence-corrected chi connectivity index (χ3v) is 4.19. The van der Waals surface area contributed by atoms with Gasteiger partial charge in [-0.3, -0.25) is 9.69 Å². The maximum absolute atomic E-state index is 12.0. The fourth-order valence-electron chi connectivity index (χ4n) is 2.17. The number of aromatic nitrogens is 1. The van der Waals surface area contributed by atoms with Crippen molar-refractivity contribution >= 4 is 39.7 Å². The quantitative estimate of drug-likeness (QED) is 0.913. The predicted molar refractivity (Wildman–Crippen MR) is 80.7 cm³/mol. The van der Waals surface area contributed by atoms with Gasteiger partial charge in [0.15, 0.2) is 5.13 Å². The zero-order valence-electron chi connectivity index (χ0n) is 10.6. The number of nitrogens with two attached hydrogens (primary N) is 1. The van der Waals surface area contributed by atoms with E-state index in [4.69, 9.17) is 17.3 Å². The number of nitrogens with one attached hydrogen (secondary N) is 1. The molecule has 0 saturated heterocycles. The number of thiazole rings is 1. The number of rotatable bonds is 3. The van der Waals surface area contributed by atoms with Gasteiger partial charge in [-0.2, -0.15) is 0 Å². The third kappa shape index (κ3) is 2.92. The van der Waals surface area contributed by atoms with Crippen LogP contribution in [0.25, 0.3) is 0 Å². The van der Waals surface area contributed by atoms with E-state index in [1.54, 1.807) is 24.3 Å². The van der Waals surface area contributed by atoms with Crippen molar-refractivity contribution < 1.29 is 4.79 Å². The Bertz CT molecular complexity index is 617. The first-order chi connectivity index (χ1) is 9.60. The molecular formula is C13H13ClN4OS. The minimum atomic E-state index is -0.0459. The highest BCUT2D eigenvalue weighted by Crippen LogP contribution is 2.29. The number of carbonyl (C=O) groups is 1. The molecule has 2 aromatic rings. The summed E-state index contributed by atoms with van der Waals surface area (Å²) in [7, 11) is 0. The summed E-state index contributed by atoms with van der Waals surface area (Å²) in [6, 6.07) is 7.06. The molecule has 3 N–H and O–H groups in total. The van der Waals surface area contributed by atoms with Crippen LogP contribution in [0, 0.1) is 0 Å². The largest absolute Gasteiger partial charge is 0.375 e. The Balaban J connectivity index is 1.55. The number of hydrogen-bond acceptors (Lipinski definition) is 5. The number of carbonyl (C=O) groups excluding carboxylic acids is 1. The Kier molecular flexibility index (Phi) is 3.60. The van der Waals surface area contributed by atoms with Gasteiger partial charge < -0.3 is 11.1 Å². The fourth-order valence-corrected chi connectivity index (χ4v) is 3.18. The number of amides is 1. The van der Waals surface area contributed by atoms with Gasteiger partial charge in [0.05, 0.1) is 12.2 Å². The lowest BCUT2D eigenvalue weighted by molar-refractivity contribution is -0.117. The molecule has 2 heterocycles. The summed E-state index contributed by atoms with van der Waals surface area (Å²) < 4.78 is 0. The van der Waals surface area contributed by atoms with Crippen molar-refractivity contribution in [1.29, 1.82) is 0 Å². The first-order valence-electron chi connectivity index (χ1n) is 6.12. The molecular weight excluding hydrogens is 296 g/mol. The maximum Gasteiger partial charge on any atom is 0.238 e. The molecule has 0 fully saturated rings. The van der Waals surface area contributed by atoms with E-state index in [9.17, 15) is 4.79 Å². The molecule has 0 bridgehead atoms. The lowest BCUT2D eigenvalue weighted by atomic mass is 10.3. The minimum absolute atomic E-state index is 0.0459. The van der Waals surface area contributed by atoms with Crippen LogP contribution >= 0.6 is 22.9 Å². The van der Waals surface area contributed by atoms with E-state index in [1.807, 2.05) is 4.90 Å². The summed E-state index contributed by atoms with van der Waals surface area (Å²) in [5, 5.41) is 4.09. The number of benzene rings is 1. The van der Waals surface area contributed by atoms with Gasteiger partial charge in [0.25, 0.3) is 0 Å². The smallest absolute Gasteiger partial charge is 0.238 e. The van der Waals surface area contributed by atoms with Crippen molar-refractivity contribution in [3.05, 3.63) is 39.9 Å². The van der Waals surface area contributed by atoms with Crippen molar-refractivity contribution in [1.82, 2.24) is 9.88 Å².